The van der Waals surface area contributed by atoms with Gasteiger partial charge in [-0.1, -0.05) is 65.7 Å². The highest BCUT2D eigenvalue weighted by atomic mass is 35.5. The zero-order valence-electron chi connectivity index (χ0n) is 25.1. The molecule has 1 atom stereocenters. The second-order valence-electron chi connectivity index (χ2n) is 10.0. The fourth-order valence-electron chi connectivity index (χ4n) is 4.34. The van der Waals surface area contributed by atoms with Crippen molar-refractivity contribution in [3.05, 3.63) is 129 Å². The fourth-order valence-corrected chi connectivity index (χ4v) is 6.44. The molecule has 1 unspecified atom stereocenters. The first kappa shape index (κ1) is 33.7. The monoisotopic (exact) mass is 702 g/mol. The van der Waals surface area contributed by atoms with Crippen LogP contribution in [0.2, 0.25) is 10.0 Å². The number of carbonyl (C=O) groups is 3. The average molecular weight is 704 g/mol. The zero-order chi connectivity index (χ0) is 33.3. The van der Waals surface area contributed by atoms with Crippen LogP contribution < -0.4 is 20.7 Å². The molecule has 0 bridgehead atoms. The SMILES string of the molecule is COc1ccccc1-c1csc(NC(=O)C(C)Sc2cccc(NC(=O)/C(=C\c3ccc(Cl)cc3Cl)NC(=O)c3ccccc3)c2)n1. The second kappa shape index (κ2) is 15.8. The molecule has 238 valence electrons. The van der Waals surface area contributed by atoms with Gasteiger partial charge in [-0.05, 0) is 73.2 Å². The zero-order valence-corrected chi connectivity index (χ0v) is 28.3. The summed E-state index contributed by atoms with van der Waals surface area (Å²) < 4.78 is 5.43. The molecule has 5 rings (SSSR count). The standard InChI is InChI=1S/C35H28Cl2N4O4S2/c1-21(32(42)41-35-40-30(20-46-35)27-13-6-7-14-31(27)45-2)47-26-12-8-11-25(19-26)38-34(44)29(17-23-15-16-24(36)18-28(23)37)39-33(43)22-9-4-3-5-10-22/h3-21H,1-2H3,(H,38,44)(H,39,43)(H,40,41,42)/b29-17+. The van der Waals surface area contributed by atoms with Gasteiger partial charge >= 0.3 is 0 Å². The van der Waals surface area contributed by atoms with E-state index in [0.29, 0.717) is 43.4 Å². The molecule has 0 aliphatic heterocycles. The minimum atomic E-state index is -0.567. The van der Waals surface area contributed by atoms with E-state index in [1.165, 1.54) is 29.2 Å². The highest BCUT2D eigenvalue weighted by Crippen LogP contribution is 2.33. The number of aromatic nitrogens is 1. The first-order chi connectivity index (χ1) is 22.7. The number of amides is 3. The lowest BCUT2D eigenvalue weighted by atomic mass is 10.1. The van der Waals surface area contributed by atoms with Crippen molar-refractivity contribution in [1.82, 2.24) is 10.3 Å². The Morgan fingerprint density at radius 1 is 0.915 bits per heavy atom. The van der Waals surface area contributed by atoms with Crippen LogP contribution >= 0.6 is 46.3 Å². The van der Waals surface area contributed by atoms with Crippen LogP contribution in [0.3, 0.4) is 0 Å². The van der Waals surface area contributed by atoms with Gasteiger partial charge in [-0.3, -0.25) is 14.4 Å². The molecule has 47 heavy (non-hydrogen) atoms. The molecule has 0 aliphatic rings. The minimum absolute atomic E-state index is 0.0233. The Labute approximate surface area is 290 Å². The smallest absolute Gasteiger partial charge is 0.272 e. The molecule has 3 N–H and O–H groups in total. The summed E-state index contributed by atoms with van der Waals surface area (Å²) in [6.45, 7) is 1.79. The molecule has 1 heterocycles. The van der Waals surface area contributed by atoms with E-state index in [-0.39, 0.29) is 11.6 Å². The van der Waals surface area contributed by atoms with Gasteiger partial charge in [0.2, 0.25) is 5.91 Å². The maximum absolute atomic E-state index is 13.5. The van der Waals surface area contributed by atoms with Crippen LogP contribution in [0.4, 0.5) is 10.8 Å². The quantitative estimate of drug-likeness (QED) is 0.0939. The summed E-state index contributed by atoms with van der Waals surface area (Å²) in [6.07, 6.45) is 1.48. The molecule has 1 aromatic heterocycles. The van der Waals surface area contributed by atoms with E-state index in [1.54, 1.807) is 80.8 Å². The van der Waals surface area contributed by atoms with Gasteiger partial charge < -0.3 is 20.7 Å². The number of ether oxygens (including phenoxy) is 1. The van der Waals surface area contributed by atoms with Crippen LogP contribution in [0, 0.1) is 0 Å². The largest absolute Gasteiger partial charge is 0.496 e. The van der Waals surface area contributed by atoms with E-state index in [0.717, 1.165) is 10.5 Å². The van der Waals surface area contributed by atoms with E-state index in [9.17, 15) is 14.4 Å². The first-order valence-corrected chi connectivity index (χ1v) is 16.7. The van der Waals surface area contributed by atoms with Gasteiger partial charge in [-0.2, -0.15) is 0 Å². The van der Waals surface area contributed by atoms with Gasteiger partial charge in [-0.15, -0.1) is 23.1 Å². The van der Waals surface area contributed by atoms with Crippen molar-refractivity contribution in [2.75, 3.05) is 17.7 Å². The summed E-state index contributed by atoms with van der Waals surface area (Å²) in [6, 6.07) is 28.0. The lowest BCUT2D eigenvalue weighted by molar-refractivity contribution is -0.115. The molecule has 12 heteroatoms. The highest BCUT2D eigenvalue weighted by Gasteiger charge is 2.19. The molecular weight excluding hydrogens is 675 g/mol. The molecule has 0 fully saturated rings. The Balaban J connectivity index is 1.27. The number of thioether (sulfide) groups is 1. The van der Waals surface area contributed by atoms with Gasteiger partial charge in [0.1, 0.15) is 11.4 Å². The third-order valence-corrected chi connectivity index (χ3v) is 9.10. The van der Waals surface area contributed by atoms with Crippen LogP contribution in [0.25, 0.3) is 17.3 Å². The summed E-state index contributed by atoms with van der Waals surface area (Å²) in [5.41, 5.74) is 2.86. The lowest BCUT2D eigenvalue weighted by Crippen LogP contribution is -2.30. The van der Waals surface area contributed by atoms with Crippen molar-refractivity contribution < 1.29 is 19.1 Å². The second-order valence-corrected chi connectivity index (χ2v) is 13.1. The minimum Gasteiger partial charge on any atom is -0.496 e. The van der Waals surface area contributed by atoms with Crippen molar-refractivity contribution in [3.63, 3.8) is 0 Å². The number of anilines is 2. The van der Waals surface area contributed by atoms with E-state index in [1.807, 2.05) is 35.7 Å². The van der Waals surface area contributed by atoms with E-state index < -0.39 is 17.1 Å². The number of hydrogen-bond donors (Lipinski definition) is 3. The molecule has 3 amide bonds. The fraction of sp³-hybridized carbons (Fsp3) is 0.0857. The topological polar surface area (TPSA) is 109 Å². The third kappa shape index (κ3) is 9.02. The molecule has 0 aliphatic carbocycles. The summed E-state index contributed by atoms with van der Waals surface area (Å²) in [4.78, 5) is 44.8. The van der Waals surface area contributed by atoms with Crippen molar-refractivity contribution >= 4 is 80.9 Å². The predicted octanol–water partition coefficient (Wildman–Crippen LogP) is 8.65. The number of benzene rings is 4. The molecule has 0 saturated heterocycles. The molecule has 5 aromatic rings. The maximum atomic E-state index is 13.5. The third-order valence-electron chi connectivity index (χ3n) is 6.68. The summed E-state index contributed by atoms with van der Waals surface area (Å²) in [5, 5.41) is 11.0. The van der Waals surface area contributed by atoms with Crippen LogP contribution in [-0.4, -0.2) is 35.1 Å². The molecule has 4 aromatic carbocycles. The van der Waals surface area contributed by atoms with Gasteiger partial charge in [0.15, 0.2) is 5.13 Å². The summed E-state index contributed by atoms with van der Waals surface area (Å²) in [5.74, 6) is -0.556. The Morgan fingerprint density at radius 3 is 2.45 bits per heavy atom. The van der Waals surface area contributed by atoms with Gasteiger partial charge in [0.05, 0.1) is 18.1 Å². The summed E-state index contributed by atoms with van der Waals surface area (Å²) in [7, 11) is 1.60. The first-order valence-electron chi connectivity index (χ1n) is 14.2. The molecule has 0 spiro atoms. The van der Waals surface area contributed by atoms with Crippen LogP contribution in [0.15, 0.2) is 113 Å². The molecule has 0 saturated carbocycles. The number of thiazole rings is 1. The van der Waals surface area contributed by atoms with Crippen molar-refractivity contribution in [1.29, 1.82) is 0 Å². The normalized spacial score (nSPS) is 11.8. The Hall–Kier alpha value is -4.61. The number of rotatable bonds is 11. The molecule has 0 radical (unpaired) electrons. The average Bonchev–Trinajstić information content (AvgIpc) is 3.54. The van der Waals surface area contributed by atoms with Gasteiger partial charge in [0, 0.05) is 37.1 Å². The van der Waals surface area contributed by atoms with E-state index in [4.69, 9.17) is 27.9 Å². The summed E-state index contributed by atoms with van der Waals surface area (Å²) >= 11 is 15.1. The number of hydrogen-bond acceptors (Lipinski definition) is 7. The number of para-hydroxylation sites is 1. The number of methoxy groups -OCH3 is 1. The van der Waals surface area contributed by atoms with Crippen LogP contribution in [-0.2, 0) is 9.59 Å². The Bertz CT molecular complexity index is 1950. The molecule has 8 nitrogen and oxygen atoms in total. The molecular formula is C35H28Cl2N4O4S2. The number of nitrogens with zero attached hydrogens (tertiary/aromatic N) is 1. The van der Waals surface area contributed by atoms with E-state index in [2.05, 4.69) is 20.9 Å². The van der Waals surface area contributed by atoms with Crippen LogP contribution in [0.1, 0.15) is 22.8 Å². The van der Waals surface area contributed by atoms with E-state index >= 15 is 0 Å². The maximum Gasteiger partial charge on any atom is 0.272 e. The number of halogens is 2. The highest BCUT2D eigenvalue weighted by molar-refractivity contribution is 8.00. The van der Waals surface area contributed by atoms with Gasteiger partial charge in [0.25, 0.3) is 11.8 Å². The van der Waals surface area contributed by atoms with Crippen LogP contribution in [0.5, 0.6) is 5.75 Å². The van der Waals surface area contributed by atoms with Gasteiger partial charge in [-0.25, -0.2) is 4.98 Å². The number of nitrogens with one attached hydrogen (secondary N) is 3. The Kier molecular flexibility index (Phi) is 11.3. The Morgan fingerprint density at radius 2 is 1.68 bits per heavy atom. The van der Waals surface area contributed by atoms with Crippen molar-refractivity contribution in [2.45, 2.75) is 17.1 Å². The van der Waals surface area contributed by atoms with Crippen molar-refractivity contribution in [2.24, 2.45) is 0 Å². The predicted molar refractivity (Wildman–Crippen MR) is 191 cm³/mol. The number of carbonyl (C=O) groups excluding carboxylic acids is 3. The van der Waals surface area contributed by atoms with Crippen molar-refractivity contribution in [3.8, 4) is 17.0 Å². The lowest BCUT2D eigenvalue weighted by Gasteiger charge is -2.14.